The molecule has 0 aliphatic heterocycles. The average Bonchev–Trinajstić information content (AvgIpc) is 2.48. The van der Waals surface area contributed by atoms with Gasteiger partial charge in [-0.25, -0.2) is 0 Å². The molecular weight excluding hydrogens is 262 g/mol. The summed E-state index contributed by atoms with van der Waals surface area (Å²) in [6.07, 6.45) is 3.82. The zero-order chi connectivity index (χ0) is 14.7. The fraction of sp³-hybridized carbons (Fsp3) is 0.667. The molecule has 1 nitrogen and oxygen atoms in total. The number of thioether (sulfide) groups is 1. The molecule has 0 aliphatic carbocycles. The Hall–Kier alpha value is -0.470. The second-order valence-corrected chi connectivity index (χ2v) is 6.90. The number of aryl methyl sites for hydroxylation is 1. The van der Waals surface area contributed by atoms with E-state index >= 15 is 0 Å². The molecule has 1 rings (SSSR count). The largest absolute Gasteiger partial charge is 0.323 e. The second-order valence-electron chi connectivity index (χ2n) is 5.68. The molecule has 1 aromatic carbocycles. The van der Waals surface area contributed by atoms with Crippen molar-refractivity contribution in [1.82, 2.24) is 0 Å². The fourth-order valence-corrected chi connectivity index (χ4v) is 4.05. The highest BCUT2D eigenvalue weighted by Gasteiger charge is 2.22. The van der Waals surface area contributed by atoms with Crippen LogP contribution in [0.3, 0.4) is 0 Å². The Morgan fingerprint density at radius 2 is 1.50 bits per heavy atom. The van der Waals surface area contributed by atoms with Crippen LogP contribution in [0.15, 0.2) is 30.3 Å². The molecule has 0 saturated heterocycles. The number of hydrogen-bond donors (Lipinski definition) is 0. The molecule has 0 N–H and O–H groups in total. The van der Waals surface area contributed by atoms with E-state index in [1.54, 1.807) is 0 Å². The Balaban J connectivity index is 2.26. The summed E-state index contributed by atoms with van der Waals surface area (Å²) in [5.41, 5.74) is 1.47. The van der Waals surface area contributed by atoms with Gasteiger partial charge in [-0.05, 0) is 37.5 Å². The van der Waals surface area contributed by atoms with Gasteiger partial charge in [0.15, 0.2) is 0 Å². The predicted molar refractivity (Wildman–Crippen MR) is 93.5 cm³/mol. The minimum absolute atomic E-state index is 1.21. The molecule has 20 heavy (non-hydrogen) atoms. The summed E-state index contributed by atoms with van der Waals surface area (Å²) >= 11 is 2.13. The van der Waals surface area contributed by atoms with Gasteiger partial charge in [-0.3, -0.25) is 0 Å². The lowest BCUT2D eigenvalue weighted by Gasteiger charge is -2.37. The molecule has 2 heteroatoms. The Morgan fingerprint density at radius 1 is 0.850 bits per heavy atom. The maximum atomic E-state index is 2.36. The first-order valence-electron chi connectivity index (χ1n) is 8.23. The minimum Gasteiger partial charge on any atom is -0.323 e. The third-order valence-corrected chi connectivity index (χ3v) is 5.12. The van der Waals surface area contributed by atoms with Gasteiger partial charge < -0.3 is 4.48 Å². The summed E-state index contributed by atoms with van der Waals surface area (Å²) in [5.74, 6) is 2.56. The minimum atomic E-state index is 1.21. The molecule has 0 unspecified atom stereocenters. The van der Waals surface area contributed by atoms with Crippen LogP contribution in [0.2, 0.25) is 0 Å². The van der Waals surface area contributed by atoms with Gasteiger partial charge in [0.2, 0.25) is 0 Å². The van der Waals surface area contributed by atoms with Gasteiger partial charge in [0, 0.05) is 5.75 Å². The molecule has 0 bridgehead atoms. The Labute approximate surface area is 130 Å². The third kappa shape index (κ3) is 6.32. The van der Waals surface area contributed by atoms with Crippen molar-refractivity contribution in [2.75, 3.05) is 37.7 Å². The molecular formula is C18H32NS+. The second kappa shape index (κ2) is 10.3. The Bertz CT molecular complexity index is 331. The molecule has 0 fully saturated rings. The lowest BCUT2D eigenvalue weighted by Crippen LogP contribution is -2.50. The lowest BCUT2D eigenvalue weighted by molar-refractivity contribution is -0.924. The maximum absolute atomic E-state index is 2.36. The first-order chi connectivity index (χ1) is 9.76. The monoisotopic (exact) mass is 294 g/mol. The third-order valence-electron chi connectivity index (χ3n) is 4.15. The van der Waals surface area contributed by atoms with Crippen LogP contribution in [0.4, 0.5) is 0 Å². The first kappa shape index (κ1) is 17.6. The standard InChI is InChI=1S/C18H32NS/c1-4-13-19(6-3,14-5-2)15-17-20-16-12-18-10-8-7-9-11-18/h7-11H,4-6,12-17H2,1-3H3/q+1. The lowest BCUT2D eigenvalue weighted by atomic mass is 10.2. The number of quaternary nitrogens is 1. The zero-order valence-corrected chi connectivity index (χ0v) is 14.4. The molecule has 0 aliphatic rings. The summed E-state index contributed by atoms with van der Waals surface area (Å²) in [7, 11) is 0. The van der Waals surface area contributed by atoms with Crippen molar-refractivity contribution in [2.24, 2.45) is 0 Å². The van der Waals surface area contributed by atoms with E-state index in [-0.39, 0.29) is 0 Å². The summed E-state index contributed by atoms with van der Waals surface area (Å²) in [6.45, 7) is 12.3. The normalized spacial score (nSPS) is 11.8. The number of hydrogen-bond acceptors (Lipinski definition) is 1. The molecule has 0 radical (unpaired) electrons. The van der Waals surface area contributed by atoms with Crippen LogP contribution in [0.25, 0.3) is 0 Å². The van der Waals surface area contributed by atoms with Crippen molar-refractivity contribution >= 4 is 11.8 Å². The molecule has 0 spiro atoms. The van der Waals surface area contributed by atoms with Crippen LogP contribution in [-0.2, 0) is 6.42 Å². The van der Waals surface area contributed by atoms with E-state index in [0.29, 0.717) is 0 Å². The van der Waals surface area contributed by atoms with Gasteiger partial charge >= 0.3 is 0 Å². The molecule has 0 atom stereocenters. The van der Waals surface area contributed by atoms with Crippen molar-refractivity contribution in [3.8, 4) is 0 Å². The van der Waals surface area contributed by atoms with Crippen LogP contribution in [0.5, 0.6) is 0 Å². The highest BCUT2D eigenvalue weighted by molar-refractivity contribution is 7.99. The summed E-state index contributed by atoms with van der Waals surface area (Å²) in [6, 6.07) is 10.9. The number of benzene rings is 1. The van der Waals surface area contributed by atoms with Gasteiger partial charge in [0.25, 0.3) is 0 Å². The van der Waals surface area contributed by atoms with Crippen molar-refractivity contribution in [2.45, 2.75) is 40.0 Å². The van der Waals surface area contributed by atoms with E-state index in [1.165, 1.54) is 67.0 Å². The van der Waals surface area contributed by atoms with Crippen molar-refractivity contribution < 1.29 is 4.48 Å². The number of rotatable bonds is 11. The van der Waals surface area contributed by atoms with Gasteiger partial charge in [0.1, 0.15) is 0 Å². The first-order valence-corrected chi connectivity index (χ1v) is 9.38. The predicted octanol–water partition coefficient (Wildman–Crippen LogP) is 4.62. The molecule has 1 aromatic rings. The quantitative estimate of drug-likeness (QED) is 0.424. The average molecular weight is 295 g/mol. The van der Waals surface area contributed by atoms with Gasteiger partial charge in [0.05, 0.1) is 26.2 Å². The summed E-state index contributed by atoms with van der Waals surface area (Å²) in [4.78, 5) is 0. The van der Waals surface area contributed by atoms with E-state index in [0.717, 1.165) is 0 Å². The molecule has 0 aromatic heterocycles. The highest BCUT2D eigenvalue weighted by atomic mass is 32.2. The molecule has 0 saturated carbocycles. The van der Waals surface area contributed by atoms with E-state index < -0.39 is 0 Å². The van der Waals surface area contributed by atoms with Crippen LogP contribution in [0.1, 0.15) is 39.2 Å². The van der Waals surface area contributed by atoms with E-state index in [2.05, 4.69) is 62.9 Å². The maximum Gasteiger partial charge on any atom is 0.0878 e. The zero-order valence-electron chi connectivity index (χ0n) is 13.6. The van der Waals surface area contributed by atoms with Gasteiger partial charge in [-0.2, -0.15) is 11.8 Å². The SMILES string of the molecule is CCC[N+](CC)(CCC)CCSCCc1ccccc1. The molecule has 0 heterocycles. The molecule has 0 amide bonds. The van der Waals surface area contributed by atoms with Crippen molar-refractivity contribution in [3.05, 3.63) is 35.9 Å². The van der Waals surface area contributed by atoms with E-state index in [1.807, 2.05) is 0 Å². The van der Waals surface area contributed by atoms with Crippen LogP contribution in [-0.4, -0.2) is 42.2 Å². The Kier molecular flexibility index (Phi) is 9.04. The summed E-state index contributed by atoms with van der Waals surface area (Å²) in [5, 5.41) is 0. The number of nitrogens with zero attached hydrogens (tertiary/aromatic N) is 1. The smallest absolute Gasteiger partial charge is 0.0878 e. The van der Waals surface area contributed by atoms with Gasteiger partial charge in [-0.15, -0.1) is 0 Å². The van der Waals surface area contributed by atoms with Crippen LogP contribution in [0, 0.1) is 0 Å². The molecule has 114 valence electrons. The van der Waals surface area contributed by atoms with E-state index in [9.17, 15) is 0 Å². The highest BCUT2D eigenvalue weighted by Crippen LogP contribution is 2.14. The Morgan fingerprint density at radius 3 is 2.05 bits per heavy atom. The van der Waals surface area contributed by atoms with Crippen LogP contribution >= 0.6 is 11.8 Å². The van der Waals surface area contributed by atoms with Crippen LogP contribution < -0.4 is 0 Å². The fourth-order valence-electron chi connectivity index (χ4n) is 2.95. The topological polar surface area (TPSA) is 0 Å². The van der Waals surface area contributed by atoms with E-state index in [4.69, 9.17) is 0 Å². The van der Waals surface area contributed by atoms with Crippen molar-refractivity contribution in [1.29, 1.82) is 0 Å². The summed E-state index contributed by atoms with van der Waals surface area (Å²) < 4.78 is 1.32. The van der Waals surface area contributed by atoms with Gasteiger partial charge in [-0.1, -0.05) is 44.2 Å². The van der Waals surface area contributed by atoms with Crippen molar-refractivity contribution in [3.63, 3.8) is 0 Å².